The SMILES string of the molecule is CCN(CC)S(=O)(=O)c1cc(C(=O)NCC(C)Cn2ccnc2C)ccc1C. The molecule has 0 aliphatic heterocycles. The van der Waals surface area contributed by atoms with Gasteiger partial charge in [0.2, 0.25) is 10.0 Å². The van der Waals surface area contributed by atoms with E-state index in [1.165, 1.54) is 10.4 Å². The highest BCUT2D eigenvalue weighted by Gasteiger charge is 2.24. The number of sulfonamides is 1. The minimum Gasteiger partial charge on any atom is -0.352 e. The molecule has 1 amide bonds. The Morgan fingerprint density at radius 3 is 2.50 bits per heavy atom. The Morgan fingerprint density at radius 1 is 1.25 bits per heavy atom. The highest BCUT2D eigenvalue weighted by molar-refractivity contribution is 7.89. The Balaban J connectivity index is 2.11. The molecule has 0 radical (unpaired) electrons. The molecule has 0 aliphatic carbocycles. The van der Waals surface area contributed by atoms with Crippen molar-refractivity contribution in [1.82, 2.24) is 19.2 Å². The highest BCUT2D eigenvalue weighted by atomic mass is 32.2. The molecule has 1 unspecified atom stereocenters. The van der Waals surface area contributed by atoms with Gasteiger partial charge in [0.15, 0.2) is 0 Å². The first-order chi connectivity index (χ1) is 13.2. The maximum absolute atomic E-state index is 12.9. The van der Waals surface area contributed by atoms with E-state index in [0.29, 0.717) is 30.8 Å². The molecule has 1 N–H and O–H groups in total. The van der Waals surface area contributed by atoms with Gasteiger partial charge in [0.25, 0.3) is 5.91 Å². The minimum atomic E-state index is -3.62. The van der Waals surface area contributed by atoms with Crippen molar-refractivity contribution in [2.75, 3.05) is 19.6 Å². The van der Waals surface area contributed by atoms with Crippen LogP contribution in [0.25, 0.3) is 0 Å². The van der Waals surface area contributed by atoms with Crippen molar-refractivity contribution >= 4 is 15.9 Å². The molecule has 2 rings (SSSR count). The van der Waals surface area contributed by atoms with Gasteiger partial charge in [-0.1, -0.05) is 26.8 Å². The summed E-state index contributed by atoms with van der Waals surface area (Å²) < 4.78 is 29.1. The topological polar surface area (TPSA) is 84.3 Å². The lowest BCUT2D eigenvalue weighted by Crippen LogP contribution is -2.32. The van der Waals surface area contributed by atoms with E-state index < -0.39 is 10.0 Å². The molecule has 1 heterocycles. The van der Waals surface area contributed by atoms with Crippen molar-refractivity contribution in [2.45, 2.75) is 46.1 Å². The molecule has 0 bridgehead atoms. The largest absolute Gasteiger partial charge is 0.352 e. The summed E-state index contributed by atoms with van der Waals surface area (Å²) >= 11 is 0. The molecule has 2 aromatic rings. The highest BCUT2D eigenvalue weighted by Crippen LogP contribution is 2.21. The van der Waals surface area contributed by atoms with Gasteiger partial charge in [-0.05, 0) is 37.5 Å². The maximum atomic E-state index is 12.9. The number of rotatable bonds is 9. The Hall–Kier alpha value is -2.19. The van der Waals surface area contributed by atoms with Gasteiger partial charge in [-0.3, -0.25) is 4.79 Å². The molecule has 7 nitrogen and oxygen atoms in total. The number of nitrogens with zero attached hydrogens (tertiary/aromatic N) is 3. The predicted molar refractivity (Wildman–Crippen MR) is 110 cm³/mol. The molecule has 1 aromatic carbocycles. The lowest BCUT2D eigenvalue weighted by atomic mass is 10.1. The third-order valence-corrected chi connectivity index (χ3v) is 7.01. The maximum Gasteiger partial charge on any atom is 0.251 e. The van der Waals surface area contributed by atoms with Crippen molar-refractivity contribution in [3.05, 3.63) is 47.5 Å². The monoisotopic (exact) mass is 406 g/mol. The summed E-state index contributed by atoms with van der Waals surface area (Å²) in [5.41, 5.74) is 0.981. The van der Waals surface area contributed by atoms with Gasteiger partial charge >= 0.3 is 0 Å². The van der Waals surface area contributed by atoms with Crippen molar-refractivity contribution in [2.24, 2.45) is 5.92 Å². The summed E-state index contributed by atoms with van der Waals surface area (Å²) in [6.45, 7) is 11.4. The van der Waals surface area contributed by atoms with Gasteiger partial charge in [0.1, 0.15) is 5.82 Å². The first-order valence-corrected chi connectivity index (χ1v) is 11.0. The van der Waals surface area contributed by atoms with E-state index in [-0.39, 0.29) is 16.7 Å². The van der Waals surface area contributed by atoms with Crippen LogP contribution < -0.4 is 5.32 Å². The van der Waals surface area contributed by atoms with E-state index in [9.17, 15) is 13.2 Å². The van der Waals surface area contributed by atoms with Crippen molar-refractivity contribution in [3.63, 3.8) is 0 Å². The van der Waals surface area contributed by atoms with Crippen LogP contribution in [0.2, 0.25) is 0 Å². The fraction of sp³-hybridized carbons (Fsp3) is 0.500. The number of amides is 1. The predicted octanol–water partition coefficient (Wildman–Crippen LogP) is 2.60. The molecule has 0 fully saturated rings. The number of carbonyl (C=O) groups is 1. The molecule has 154 valence electrons. The van der Waals surface area contributed by atoms with Crippen LogP contribution in [0.5, 0.6) is 0 Å². The Labute approximate surface area is 167 Å². The number of hydrogen-bond donors (Lipinski definition) is 1. The molecule has 0 spiro atoms. The third-order valence-electron chi connectivity index (χ3n) is 4.82. The average molecular weight is 407 g/mol. The Bertz CT molecular complexity index is 917. The molecule has 28 heavy (non-hydrogen) atoms. The van der Waals surface area contributed by atoms with E-state index in [0.717, 1.165) is 12.4 Å². The molecule has 0 aliphatic rings. The minimum absolute atomic E-state index is 0.186. The number of hydrogen-bond acceptors (Lipinski definition) is 4. The van der Waals surface area contributed by atoms with Crippen LogP contribution >= 0.6 is 0 Å². The van der Waals surface area contributed by atoms with Crippen LogP contribution in [-0.2, 0) is 16.6 Å². The lowest BCUT2D eigenvalue weighted by molar-refractivity contribution is 0.0946. The smallest absolute Gasteiger partial charge is 0.251 e. The number of imidazole rings is 1. The number of benzene rings is 1. The summed E-state index contributed by atoms with van der Waals surface area (Å²) in [4.78, 5) is 17.0. The van der Waals surface area contributed by atoms with Gasteiger partial charge in [-0.15, -0.1) is 0 Å². The number of nitrogens with one attached hydrogen (secondary N) is 1. The first kappa shape index (κ1) is 22.1. The zero-order valence-corrected chi connectivity index (χ0v) is 18.1. The first-order valence-electron chi connectivity index (χ1n) is 9.57. The molecule has 8 heteroatoms. The van der Waals surface area contributed by atoms with Crippen molar-refractivity contribution in [3.8, 4) is 0 Å². The van der Waals surface area contributed by atoms with Gasteiger partial charge in [0, 0.05) is 44.1 Å². The van der Waals surface area contributed by atoms with E-state index in [1.807, 2.05) is 24.6 Å². The lowest BCUT2D eigenvalue weighted by Gasteiger charge is -2.20. The number of aryl methyl sites for hydroxylation is 2. The average Bonchev–Trinajstić information content (AvgIpc) is 3.05. The summed E-state index contributed by atoms with van der Waals surface area (Å²) in [7, 11) is -3.62. The van der Waals surface area contributed by atoms with Crippen LogP contribution in [0.3, 0.4) is 0 Å². The quantitative estimate of drug-likeness (QED) is 0.694. The zero-order chi connectivity index (χ0) is 20.9. The molecule has 1 atom stereocenters. The van der Waals surface area contributed by atoms with Crippen LogP contribution in [-0.4, -0.2) is 47.8 Å². The summed E-state index contributed by atoms with van der Waals surface area (Å²) in [6.07, 6.45) is 3.67. The second-order valence-electron chi connectivity index (χ2n) is 7.01. The van der Waals surface area contributed by atoms with Crippen LogP contribution in [0, 0.1) is 19.8 Å². The molecule has 0 saturated carbocycles. The van der Waals surface area contributed by atoms with Gasteiger partial charge in [-0.25, -0.2) is 13.4 Å². The fourth-order valence-electron chi connectivity index (χ4n) is 3.09. The second kappa shape index (κ2) is 9.34. The van der Waals surface area contributed by atoms with Gasteiger partial charge in [0.05, 0.1) is 4.90 Å². The molecular formula is C20H30N4O3S. The van der Waals surface area contributed by atoms with Crippen LogP contribution in [0.4, 0.5) is 0 Å². The Morgan fingerprint density at radius 2 is 1.93 bits per heavy atom. The summed E-state index contributed by atoms with van der Waals surface area (Å²) in [6, 6.07) is 4.82. The summed E-state index contributed by atoms with van der Waals surface area (Å²) in [5, 5.41) is 2.90. The van der Waals surface area contributed by atoms with E-state index >= 15 is 0 Å². The normalized spacial score (nSPS) is 12.9. The van der Waals surface area contributed by atoms with Gasteiger partial charge in [-0.2, -0.15) is 4.31 Å². The van der Waals surface area contributed by atoms with Crippen molar-refractivity contribution < 1.29 is 13.2 Å². The van der Waals surface area contributed by atoms with Crippen LogP contribution in [0.1, 0.15) is 42.5 Å². The molecular weight excluding hydrogens is 376 g/mol. The number of aromatic nitrogens is 2. The fourth-order valence-corrected chi connectivity index (χ4v) is 4.80. The molecule has 0 saturated heterocycles. The Kier molecular flexibility index (Phi) is 7.37. The van der Waals surface area contributed by atoms with Gasteiger partial charge < -0.3 is 9.88 Å². The van der Waals surface area contributed by atoms with Crippen LogP contribution in [0.15, 0.2) is 35.5 Å². The standard InChI is InChI=1S/C20H30N4O3S/c1-6-24(7-2)28(26,27)19-12-18(9-8-16(19)4)20(25)22-13-15(3)14-23-11-10-21-17(23)5/h8-12,15H,6-7,13-14H2,1-5H3,(H,22,25). The third kappa shape index (κ3) is 4.99. The molecule has 1 aromatic heterocycles. The van der Waals surface area contributed by atoms with Crippen molar-refractivity contribution in [1.29, 1.82) is 0 Å². The number of carbonyl (C=O) groups excluding carboxylic acids is 1. The van der Waals surface area contributed by atoms with E-state index in [4.69, 9.17) is 0 Å². The second-order valence-corrected chi connectivity index (χ2v) is 8.92. The zero-order valence-electron chi connectivity index (χ0n) is 17.3. The summed E-state index contributed by atoms with van der Waals surface area (Å²) in [5.74, 6) is 0.870. The van der Waals surface area contributed by atoms with E-state index in [2.05, 4.69) is 10.3 Å². The van der Waals surface area contributed by atoms with E-state index in [1.54, 1.807) is 39.1 Å².